The molecule has 0 amide bonds. The molecule has 0 radical (unpaired) electrons. The van der Waals surface area contributed by atoms with Crippen molar-refractivity contribution in [3.8, 4) is 0 Å². The average molecular weight is 355 g/mol. The fraction of sp³-hybridized carbons (Fsp3) is 0.750. The number of hydrogen-bond acceptors (Lipinski definition) is 3. The molecule has 0 rings (SSSR count). The molecule has 0 saturated carbocycles. The van der Waals surface area contributed by atoms with Crippen molar-refractivity contribution in [3.05, 3.63) is 0 Å². The van der Waals surface area contributed by atoms with Crippen LogP contribution in [0.2, 0.25) is 0 Å². The van der Waals surface area contributed by atoms with Gasteiger partial charge in [-0.05, 0) is 0 Å². The summed E-state index contributed by atoms with van der Waals surface area (Å²) >= 11 is 1.74. The fourth-order valence-electron chi connectivity index (χ4n) is 0.312. The van der Waals surface area contributed by atoms with Gasteiger partial charge in [-0.15, -0.1) is 0 Å². The summed E-state index contributed by atoms with van der Waals surface area (Å²) in [7, 11) is 0. The Labute approximate surface area is 78.9 Å². The van der Waals surface area contributed by atoms with Gasteiger partial charge in [0.25, 0.3) is 0 Å². The standard InChI is InChI=1S/C4H9I2N2O/c1-6-8-3(2-7)4(5)9/h3,8H,2,7H2,1H3/q-1. The van der Waals surface area contributed by atoms with E-state index in [1.54, 1.807) is 22.6 Å². The van der Waals surface area contributed by atoms with Crippen molar-refractivity contribution in [2.24, 2.45) is 5.73 Å². The Hall–Kier alpha value is 1.05. The Morgan fingerprint density at radius 3 is 2.67 bits per heavy atom. The zero-order chi connectivity index (χ0) is 7.28. The molecule has 3 N–H and O–H groups in total. The van der Waals surface area contributed by atoms with Gasteiger partial charge in [-0.1, -0.05) is 0 Å². The third kappa shape index (κ3) is 4.45. The number of halogens is 2. The molecule has 0 aliphatic heterocycles. The Balaban J connectivity index is 3.54. The molecule has 0 aromatic carbocycles. The van der Waals surface area contributed by atoms with E-state index in [2.05, 4.69) is 8.46 Å². The van der Waals surface area contributed by atoms with Crippen LogP contribution in [0.5, 0.6) is 0 Å². The molecule has 0 saturated heterocycles. The molecule has 0 aromatic heterocycles. The number of nitrogens with two attached hydrogens (primary N) is 1. The summed E-state index contributed by atoms with van der Waals surface area (Å²) in [5, 5.41) is 0. The molecule has 0 heterocycles. The van der Waals surface area contributed by atoms with Gasteiger partial charge >= 0.3 is 79.4 Å². The zero-order valence-electron chi connectivity index (χ0n) is 5.03. The molecule has 0 aliphatic carbocycles. The zero-order valence-corrected chi connectivity index (χ0v) is 9.34. The van der Waals surface area contributed by atoms with Crippen LogP contribution in [0.3, 0.4) is 0 Å². The molecule has 0 aromatic rings. The van der Waals surface area contributed by atoms with Gasteiger partial charge in [-0.25, -0.2) is 0 Å². The number of carbonyl (C=O) groups is 1. The van der Waals surface area contributed by atoms with Crippen molar-refractivity contribution in [2.75, 3.05) is 11.5 Å². The average Bonchev–Trinajstić information content (AvgIpc) is 1.82. The van der Waals surface area contributed by atoms with Crippen LogP contribution in [0.15, 0.2) is 0 Å². The van der Waals surface area contributed by atoms with Gasteiger partial charge in [0.05, 0.1) is 0 Å². The summed E-state index contributed by atoms with van der Waals surface area (Å²) in [4.78, 5) is 12.7. The van der Waals surface area contributed by atoms with Gasteiger partial charge in [0.15, 0.2) is 0 Å². The Morgan fingerprint density at radius 2 is 2.56 bits per heavy atom. The van der Waals surface area contributed by atoms with Crippen LogP contribution in [0.1, 0.15) is 0 Å². The van der Waals surface area contributed by atoms with E-state index in [0.717, 1.165) is 0 Å². The SMILES string of the molecule is C[I-]NC(CN)C(=O)I. The molecule has 9 heavy (non-hydrogen) atoms. The van der Waals surface area contributed by atoms with Crippen molar-refractivity contribution in [1.82, 2.24) is 3.53 Å². The van der Waals surface area contributed by atoms with Gasteiger partial charge in [-0.2, -0.15) is 0 Å². The number of hydrogen-bond donors (Lipinski definition) is 2. The summed E-state index contributed by atoms with van der Waals surface area (Å²) in [6, 6.07) is -0.108. The topological polar surface area (TPSA) is 55.1 Å². The molecule has 0 bridgehead atoms. The van der Waals surface area contributed by atoms with Gasteiger partial charge in [-0.3, -0.25) is 0 Å². The maximum absolute atomic E-state index is 10.6. The minimum atomic E-state index is -0.108. The Bertz CT molecular complexity index is 98.6. The summed E-state index contributed by atoms with van der Waals surface area (Å²) in [6.07, 6.45) is 0. The first-order valence-electron chi connectivity index (χ1n) is 2.35. The third-order valence-corrected chi connectivity index (χ3v) is 2.88. The molecule has 0 spiro atoms. The number of alkyl halides is 1. The van der Waals surface area contributed by atoms with Crippen molar-refractivity contribution in [1.29, 1.82) is 0 Å². The molecule has 1 unspecified atom stereocenters. The molecule has 0 fully saturated rings. The van der Waals surface area contributed by atoms with Crippen LogP contribution in [-0.4, -0.2) is 21.3 Å². The first kappa shape index (κ1) is 10.0. The van der Waals surface area contributed by atoms with E-state index in [0.29, 0.717) is 6.54 Å². The van der Waals surface area contributed by atoms with Gasteiger partial charge in [0.2, 0.25) is 0 Å². The molecule has 0 aliphatic rings. The monoisotopic (exact) mass is 355 g/mol. The number of nitrogens with one attached hydrogen (secondary N) is 1. The summed E-state index contributed by atoms with van der Waals surface area (Å²) in [5.41, 5.74) is 5.29. The molecular formula is C4H9I2N2O-. The molecule has 1 atom stereocenters. The maximum atomic E-state index is 10.6. The van der Waals surface area contributed by atoms with Crippen molar-refractivity contribution in [2.45, 2.75) is 6.04 Å². The predicted octanol–water partition coefficient (Wildman–Crippen LogP) is -3.50. The van der Waals surface area contributed by atoms with Crippen LogP contribution in [0, 0.1) is 0 Å². The van der Waals surface area contributed by atoms with Crippen LogP contribution in [0.25, 0.3) is 0 Å². The third-order valence-electron chi connectivity index (χ3n) is 0.750. The van der Waals surface area contributed by atoms with E-state index >= 15 is 0 Å². The van der Waals surface area contributed by atoms with E-state index in [1.807, 2.05) is 0 Å². The molecule has 56 valence electrons. The molecular weight excluding hydrogens is 346 g/mol. The van der Waals surface area contributed by atoms with E-state index in [1.165, 1.54) is 0 Å². The predicted molar refractivity (Wildman–Crippen MR) is 40.9 cm³/mol. The van der Waals surface area contributed by atoms with Crippen LogP contribution in [-0.2, 0) is 4.79 Å². The van der Waals surface area contributed by atoms with Crippen molar-refractivity contribution in [3.63, 3.8) is 0 Å². The van der Waals surface area contributed by atoms with Crippen molar-refractivity contribution >= 4 is 26.4 Å². The summed E-state index contributed by atoms with van der Waals surface area (Å²) < 4.78 is 3.17. The minimum absolute atomic E-state index is 0.0284. The van der Waals surface area contributed by atoms with Gasteiger partial charge in [0.1, 0.15) is 0 Å². The second kappa shape index (κ2) is 5.81. The first-order chi connectivity index (χ1) is 4.22. The van der Waals surface area contributed by atoms with Crippen molar-refractivity contribution < 1.29 is 26.3 Å². The number of rotatable bonds is 4. The fourth-order valence-corrected chi connectivity index (χ4v) is 2.61. The van der Waals surface area contributed by atoms with Gasteiger partial charge < -0.3 is 0 Å². The molecule has 5 heteroatoms. The van der Waals surface area contributed by atoms with E-state index in [-0.39, 0.29) is 31.3 Å². The number of carbonyl (C=O) groups excluding carboxylic acids is 1. The quantitative estimate of drug-likeness (QED) is 0.238. The molecule has 3 nitrogen and oxygen atoms in total. The summed E-state index contributed by atoms with van der Waals surface area (Å²) in [5.74, 6) is 0. The Morgan fingerprint density at radius 1 is 2.00 bits per heavy atom. The summed E-state index contributed by atoms with van der Waals surface area (Å²) in [6.45, 7) is 0.412. The van der Waals surface area contributed by atoms with Crippen LogP contribution < -0.4 is 30.7 Å². The normalized spacial score (nSPS) is 13.7. The van der Waals surface area contributed by atoms with E-state index in [9.17, 15) is 4.79 Å². The second-order valence-corrected chi connectivity index (χ2v) is 4.16. The van der Waals surface area contributed by atoms with Crippen LogP contribution >= 0.6 is 22.6 Å². The van der Waals surface area contributed by atoms with Crippen LogP contribution in [0.4, 0.5) is 0 Å². The van der Waals surface area contributed by atoms with E-state index in [4.69, 9.17) is 5.73 Å². The second-order valence-electron chi connectivity index (χ2n) is 1.39. The first-order valence-corrected chi connectivity index (χ1v) is 6.67. The van der Waals surface area contributed by atoms with E-state index < -0.39 is 0 Å². The van der Waals surface area contributed by atoms with Gasteiger partial charge in [0, 0.05) is 0 Å². The Kier molecular flexibility index (Phi) is 6.48.